The first-order valence-corrected chi connectivity index (χ1v) is 8.00. The molecule has 2 aliphatic heterocycles. The van der Waals surface area contributed by atoms with Crippen molar-refractivity contribution < 1.29 is 14.1 Å². The van der Waals surface area contributed by atoms with Crippen LogP contribution in [0.1, 0.15) is 37.4 Å². The average molecular weight is 304 g/mol. The molecule has 22 heavy (non-hydrogen) atoms. The lowest BCUT2D eigenvalue weighted by Gasteiger charge is -2.25. The molecule has 1 aromatic rings. The molecular weight excluding hydrogens is 284 g/mol. The molecule has 2 unspecified atom stereocenters. The van der Waals surface area contributed by atoms with Gasteiger partial charge in [-0.3, -0.25) is 9.59 Å². The summed E-state index contributed by atoms with van der Waals surface area (Å²) in [4.78, 5) is 32.7. The third-order valence-electron chi connectivity index (χ3n) is 4.96. The van der Waals surface area contributed by atoms with Gasteiger partial charge in [-0.1, -0.05) is 5.16 Å². The van der Waals surface area contributed by atoms with E-state index in [1.165, 1.54) is 12.8 Å². The molecule has 1 aromatic heterocycles. The standard InChI is InChI=1S/C15H20N4O3/c1-9-16-13(22-17-9)7-15(21)18-5-4-11-12(18)6-14(20)19(11)8-10-2-3-10/h10-12H,2-8H2,1H3. The smallest absolute Gasteiger partial charge is 0.236 e. The van der Waals surface area contributed by atoms with Gasteiger partial charge in [0.05, 0.1) is 12.1 Å². The summed E-state index contributed by atoms with van der Waals surface area (Å²) in [6.45, 7) is 3.33. The summed E-state index contributed by atoms with van der Waals surface area (Å²) in [7, 11) is 0. The monoisotopic (exact) mass is 304 g/mol. The fourth-order valence-corrected chi connectivity index (χ4v) is 3.70. The van der Waals surface area contributed by atoms with Crippen molar-refractivity contribution in [2.75, 3.05) is 13.1 Å². The Labute approximate surface area is 128 Å². The summed E-state index contributed by atoms with van der Waals surface area (Å²) in [5.74, 6) is 1.76. The fourth-order valence-electron chi connectivity index (χ4n) is 3.70. The van der Waals surface area contributed by atoms with Crippen molar-refractivity contribution in [2.45, 2.75) is 51.1 Å². The van der Waals surface area contributed by atoms with E-state index >= 15 is 0 Å². The van der Waals surface area contributed by atoms with Gasteiger partial charge in [-0.05, 0) is 32.1 Å². The minimum absolute atomic E-state index is 0.0165. The molecule has 1 aliphatic carbocycles. The maximum atomic E-state index is 12.5. The molecule has 1 saturated carbocycles. The second-order valence-electron chi connectivity index (χ2n) is 6.62. The first-order chi connectivity index (χ1) is 10.6. The van der Waals surface area contributed by atoms with Crippen LogP contribution < -0.4 is 0 Å². The van der Waals surface area contributed by atoms with E-state index in [4.69, 9.17) is 4.52 Å². The maximum absolute atomic E-state index is 12.5. The number of fused-ring (bicyclic) bond motifs is 1. The SMILES string of the molecule is Cc1noc(CC(=O)N2CCC3C2CC(=O)N3CC2CC2)n1. The highest BCUT2D eigenvalue weighted by Gasteiger charge is 2.49. The van der Waals surface area contributed by atoms with Crippen LogP contribution in [0.3, 0.4) is 0 Å². The number of rotatable bonds is 4. The summed E-state index contributed by atoms with van der Waals surface area (Å²) in [6, 6.07) is 0.240. The summed E-state index contributed by atoms with van der Waals surface area (Å²) in [5, 5.41) is 3.71. The number of amides is 2. The van der Waals surface area contributed by atoms with E-state index in [0.29, 0.717) is 24.1 Å². The topological polar surface area (TPSA) is 79.5 Å². The highest BCUT2D eigenvalue weighted by atomic mass is 16.5. The van der Waals surface area contributed by atoms with Crippen LogP contribution in [0.25, 0.3) is 0 Å². The normalized spacial score (nSPS) is 27.6. The molecule has 4 rings (SSSR count). The van der Waals surface area contributed by atoms with Gasteiger partial charge in [-0.25, -0.2) is 0 Å². The molecule has 0 radical (unpaired) electrons. The lowest BCUT2D eigenvalue weighted by Crippen LogP contribution is -2.41. The average Bonchev–Trinajstić information content (AvgIpc) is 2.94. The third kappa shape index (κ3) is 2.38. The molecule has 2 amide bonds. The van der Waals surface area contributed by atoms with Crippen LogP contribution in [0.4, 0.5) is 0 Å². The molecular formula is C15H20N4O3. The number of aromatic nitrogens is 2. The quantitative estimate of drug-likeness (QED) is 0.811. The Hall–Kier alpha value is -1.92. The van der Waals surface area contributed by atoms with Gasteiger partial charge in [-0.2, -0.15) is 4.98 Å². The minimum Gasteiger partial charge on any atom is -0.339 e. The van der Waals surface area contributed by atoms with E-state index in [0.717, 1.165) is 19.5 Å². The van der Waals surface area contributed by atoms with E-state index in [1.807, 2.05) is 9.80 Å². The molecule has 2 saturated heterocycles. The van der Waals surface area contributed by atoms with Crippen LogP contribution >= 0.6 is 0 Å². The molecule has 0 N–H and O–H groups in total. The van der Waals surface area contributed by atoms with E-state index in [9.17, 15) is 9.59 Å². The zero-order valence-electron chi connectivity index (χ0n) is 12.7. The zero-order chi connectivity index (χ0) is 15.3. The zero-order valence-corrected chi connectivity index (χ0v) is 12.7. The van der Waals surface area contributed by atoms with Gasteiger partial charge in [0.25, 0.3) is 0 Å². The van der Waals surface area contributed by atoms with Gasteiger partial charge in [0.1, 0.15) is 6.42 Å². The Balaban J connectivity index is 1.43. The summed E-state index contributed by atoms with van der Waals surface area (Å²) >= 11 is 0. The Morgan fingerprint density at radius 1 is 1.32 bits per heavy atom. The van der Waals surface area contributed by atoms with Gasteiger partial charge in [0.2, 0.25) is 17.7 Å². The molecule has 0 spiro atoms. The van der Waals surface area contributed by atoms with Gasteiger partial charge >= 0.3 is 0 Å². The van der Waals surface area contributed by atoms with Gasteiger partial charge < -0.3 is 14.3 Å². The molecule has 3 aliphatic rings. The molecule has 2 atom stereocenters. The number of hydrogen-bond donors (Lipinski definition) is 0. The van der Waals surface area contributed by atoms with E-state index < -0.39 is 0 Å². The number of carbonyl (C=O) groups excluding carboxylic acids is 2. The molecule has 0 bridgehead atoms. The first kappa shape index (κ1) is 13.7. The largest absolute Gasteiger partial charge is 0.339 e. The van der Waals surface area contributed by atoms with Crippen LogP contribution in [0.15, 0.2) is 4.52 Å². The lowest BCUT2D eigenvalue weighted by atomic mass is 10.1. The van der Waals surface area contributed by atoms with Gasteiger partial charge in [0.15, 0.2) is 5.82 Å². The van der Waals surface area contributed by atoms with Gasteiger partial charge in [0, 0.05) is 19.5 Å². The summed E-state index contributed by atoms with van der Waals surface area (Å²) in [6.07, 6.45) is 3.95. The van der Waals surface area contributed by atoms with Gasteiger partial charge in [-0.15, -0.1) is 0 Å². The van der Waals surface area contributed by atoms with Crippen molar-refractivity contribution in [1.82, 2.24) is 19.9 Å². The molecule has 7 nitrogen and oxygen atoms in total. The predicted molar refractivity (Wildman–Crippen MR) is 75.7 cm³/mol. The molecule has 118 valence electrons. The van der Waals surface area contributed by atoms with Crippen LogP contribution in [-0.4, -0.2) is 56.9 Å². The number of likely N-dealkylation sites (tertiary alicyclic amines) is 2. The van der Waals surface area contributed by atoms with Crippen LogP contribution in [0.5, 0.6) is 0 Å². The van der Waals surface area contributed by atoms with Crippen LogP contribution in [0, 0.1) is 12.8 Å². The fraction of sp³-hybridized carbons (Fsp3) is 0.733. The Morgan fingerprint density at radius 3 is 2.82 bits per heavy atom. The number of carbonyl (C=O) groups is 2. The molecule has 0 aromatic carbocycles. The number of hydrogen-bond acceptors (Lipinski definition) is 5. The lowest BCUT2D eigenvalue weighted by molar-refractivity contribution is -0.131. The van der Waals surface area contributed by atoms with Crippen molar-refractivity contribution in [1.29, 1.82) is 0 Å². The predicted octanol–water partition coefficient (Wildman–Crippen LogP) is 0.532. The van der Waals surface area contributed by atoms with Crippen molar-refractivity contribution in [3.8, 4) is 0 Å². The third-order valence-corrected chi connectivity index (χ3v) is 4.96. The maximum Gasteiger partial charge on any atom is 0.236 e. The summed E-state index contributed by atoms with van der Waals surface area (Å²) in [5.41, 5.74) is 0. The highest BCUT2D eigenvalue weighted by Crippen LogP contribution is 2.37. The van der Waals surface area contributed by atoms with Crippen molar-refractivity contribution in [2.24, 2.45) is 5.92 Å². The number of nitrogens with zero attached hydrogens (tertiary/aromatic N) is 4. The summed E-state index contributed by atoms with van der Waals surface area (Å²) < 4.78 is 5.02. The van der Waals surface area contributed by atoms with Crippen molar-refractivity contribution in [3.05, 3.63) is 11.7 Å². The number of aryl methyl sites for hydroxylation is 1. The second-order valence-corrected chi connectivity index (χ2v) is 6.62. The van der Waals surface area contributed by atoms with Crippen molar-refractivity contribution >= 4 is 11.8 Å². The van der Waals surface area contributed by atoms with Crippen LogP contribution in [-0.2, 0) is 16.0 Å². The molecule has 3 heterocycles. The Kier molecular flexibility index (Phi) is 3.16. The van der Waals surface area contributed by atoms with E-state index in [1.54, 1.807) is 6.92 Å². The highest BCUT2D eigenvalue weighted by molar-refractivity contribution is 5.84. The van der Waals surface area contributed by atoms with Crippen molar-refractivity contribution in [3.63, 3.8) is 0 Å². The molecule has 3 fully saturated rings. The Morgan fingerprint density at radius 2 is 2.14 bits per heavy atom. The molecule has 7 heteroatoms. The van der Waals surface area contributed by atoms with E-state index in [2.05, 4.69) is 10.1 Å². The minimum atomic E-state index is -0.0165. The van der Waals surface area contributed by atoms with Crippen LogP contribution in [0.2, 0.25) is 0 Å². The van der Waals surface area contributed by atoms with E-state index in [-0.39, 0.29) is 30.3 Å². The Bertz CT molecular complexity index is 610. The first-order valence-electron chi connectivity index (χ1n) is 8.00. The second kappa shape index (κ2) is 5.07.